The van der Waals surface area contributed by atoms with E-state index < -0.39 is 0 Å². The number of hydrogen-bond donors (Lipinski definition) is 1. The van der Waals surface area contributed by atoms with Crippen molar-refractivity contribution in [3.8, 4) is 6.07 Å². The Hall–Kier alpha value is -1.37. The summed E-state index contributed by atoms with van der Waals surface area (Å²) in [5, 5.41) is 12.6. The predicted octanol–water partition coefficient (Wildman–Crippen LogP) is 3.47. The third kappa shape index (κ3) is 4.30. The molecule has 1 fully saturated rings. The van der Waals surface area contributed by atoms with Gasteiger partial charge in [0.1, 0.15) is 0 Å². The number of piperidine rings is 1. The summed E-state index contributed by atoms with van der Waals surface area (Å²) >= 11 is 0. The van der Waals surface area contributed by atoms with E-state index in [4.69, 9.17) is 5.26 Å². The van der Waals surface area contributed by atoms with Gasteiger partial charge in [0.2, 0.25) is 0 Å². The van der Waals surface area contributed by atoms with Gasteiger partial charge in [-0.15, -0.1) is 0 Å². The van der Waals surface area contributed by atoms with Gasteiger partial charge in [-0.1, -0.05) is 18.6 Å². The number of nitriles is 1. The molecule has 2 atom stereocenters. The number of rotatable bonds is 5. The summed E-state index contributed by atoms with van der Waals surface area (Å²) in [6.07, 6.45) is 3.93. The molecule has 0 aliphatic carbocycles. The quantitative estimate of drug-likeness (QED) is 0.900. The van der Waals surface area contributed by atoms with Crippen LogP contribution < -0.4 is 5.32 Å². The Morgan fingerprint density at radius 3 is 2.48 bits per heavy atom. The Kier molecular flexibility index (Phi) is 5.78. The zero-order valence-corrected chi connectivity index (χ0v) is 13.5. The molecule has 21 heavy (non-hydrogen) atoms. The average molecular weight is 285 g/mol. The minimum absolute atomic E-state index is 0.376. The van der Waals surface area contributed by atoms with Crippen LogP contribution in [0.4, 0.5) is 0 Å². The van der Waals surface area contributed by atoms with Crippen LogP contribution in [0.1, 0.15) is 57.2 Å². The van der Waals surface area contributed by atoms with Gasteiger partial charge in [0.15, 0.2) is 0 Å². The zero-order valence-electron chi connectivity index (χ0n) is 13.5. The summed E-state index contributed by atoms with van der Waals surface area (Å²) in [4.78, 5) is 2.56. The van der Waals surface area contributed by atoms with E-state index in [1.807, 2.05) is 12.1 Å². The fourth-order valence-electron chi connectivity index (χ4n) is 3.18. The van der Waals surface area contributed by atoms with Crippen LogP contribution in [0.25, 0.3) is 0 Å². The Morgan fingerprint density at radius 1 is 1.24 bits per heavy atom. The first-order chi connectivity index (χ1) is 10.1. The van der Waals surface area contributed by atoms with Crippen LogP contribution in [0.3, 0.4) is 0 Å². The topological polar surface area (TPSA) is 39.1 Å². The van der Waals surface area contributed by atoms with Gasteiger partial charge in [0.25, 0.3) is 0 Å². The summed E-state index contributed by atoms with van der Waals surface area (Å²) in [6.45, 7) is 9.05. The van der Waals surface area contributed by atoms with E-state index in [0.29, 0.717) is 18.1 Å². The number of benzene rings is 1. The first-order valence-corrected chi connectivity index (χ1v) is 8.11. The lowest BCUT2D eigenvalue weighted by Gasteiger charge is -2.37. The molecule has 0 spiro atoms. The second kappa shape index (κ2) is 7.59. The lowest BCUT2D eigenvalue weighted by Crippen LogP contribution is -2.46. The molecule has 3 nitrogen and oxygen atoms in total. The van der Waals surface area contributed by atoms with Crippen molar-refractivity contribution in [2.75, 3.05) is 13.1 Å². The molecule has 2 unspecified atom stereocenters. The SMILES string of the molecule is CC(C)N(CC1CCCCN1)C(C)c1ccc(C#N)cc1. The third-order valence-electron chi connectivity index (χ3n) is 4.53. The molecule has 0 amide bonds. The first-order valence-electron chi connectivity index (χ1n) is 8.11. The van der Waals surface area contributed by atoms with Crippen molar-refractivity contribution >= 4 is 0 Å². The summed E-state index contributed by atoms with van der Waals surface area (Å²) in [7, 11) is 0. The second-order valence-electron chi connectivity index (χ2n) is 6.35. The summed E-state index contributed by atoms with van der Waals surface area (Å²) < 4.78 is 0. The molecule has 1 saturated heterocycles. The van der Waals surface area contributed by atoms with Gasteiger partial charge in [-0.3, -0.25) is 4.90 Å². The average Bonchev–Trinajstić information content (AvgIpc) is 2.53. The molecule has 2 rings (SSSR count). The highest BCUT2D eigenvalue weighted by molar-refractivity contribution is 5.32. The van der Waals surface area contributed by atoms with Crippen molar-refractivity contribution in [1.29, 1.82) is 5.26 Å². The van der Waals surface area contributed by atoms with Crippen LogP contribution in [-0.2, 0) is 0 Å². The highest BCUT2D eigenvalue weighted by Crippen LogP contribution is 2.24. The van der Waals surface area contributed by atoms with E-state index in [1.54, 1.807) is 0 Å². The molecule has 1 aromatic carbocycles. The maximum absolute atomic E-state index is 8.91. The third-order valence-corrected chi connectivity index (χ3v) is 4.53. The van der Waals surface area contributed by atoms with Gasteiger partial charge < -0.3 is 5.32 Å². The van der Waals surface area contributed by atoms with E-state index in [9.17, 15) is 0 Å². The predicted molar refractivity (Wildman–Crippen MR) is 87.1 cm³/mol. The number of hydrogen-bond acceptors (Lipinski definition) is 3. The highest BCUT2D eigenvalue weighted by atomic mass is 15.2. The largest absolute Gasteiger partial charge is 0.313 e. The smallest absolute Gasteiger partial charge is 0.0991 e. The van der Waals surface area contributed by atoms with Crippen LogP contribution in [0, 0.1) is 11.3 Å². The maximum Gasteiger partial charge on any atom is 0.0991 e. The van der Waals surface area contributed by atoms with Crippen molar-refractivity contribution in [1.82, 2.24) is 10.2 Å². The molecule has 1 heterocycles. The van der Waals surface area contributed by atoms with Crippen molar-refractivity contribution in [2.45, 2.75) is 58.2 Å². The van der Waals surface area contributed by atoms with Gasteiger partial charge in [0.05, 0.1) is 11.6 Å². The van der Waals surface area contributed by atoms with Gasteiger partial charge >= 0.3 is 0 Å². The van der Waals surface area contributed by atoms with Crippen molar-refractivity contribution in [3.63, 3.8) is 0 Å². The molecule has 0 aromatic heterocycles. The molecule has 0 saturated carbocycles. The molecule has 3 heteroatoms. The Morgan fingerprint density at radius 2 is 1.95 bits per heavy atom. The van der Waals surface area contributed by atoms with Crippen molar-refractivity contribution < 1.29 is 0 Å². The van der Waals surface area contributed by atoms with Gasteiger partial charge in [-0.05, 0) is 57.9 Å². The normalized spacial score (nSPS) is 20.5. The Balaban J connectivity index is 2.06. The highest BCUT2D eigenvalue weighted by Gasteiger charge is 2.23. The standard InChI is InChI=1S/C18H27N3/c1-14(2)21(13-18-6-4-5-11-20-18)15(3)17-9-7-16(12-19)8-10-17/h7-10,14-15,18,20H,4-6,11,13H2,1-3H3. The van der Waals surface area contributed by atoms with Crippen LogP contribution >= 0.6 is 0 Å². The molecule has 0 radical (unpaired) electrons. The summed E-state index contributed by atoms with van der Waals surface area (Å²) in [5.41, 5.74) is 2.02. The fraction of sp³-hybridized carbons (Fsp3) is 0.611. The minimum atomic E-state index is 0.376. The second-order valence-corrected chi connectivity index (χ2v) is 6.35. The van der Waals surface area contributed by atoms with E-state index in [0.717, 1.165) is 18.7 Å². The molecule has 114 valence electrons. The van der Waals surface area contributed by atoms with Crippen molar-refractivity contribution in [2.24, 2.45) is 0 Å². The van der Waals surface area contributed by atoms with E-state index in [-0.39, 0.29) is 0 Å². The monoisotopic (exact) mass is 285 g/mol. The van der Waals surface area contributed by atoms with Crippen LogP contribution in [0.15, 0.2) is 24.3 Å². The van der Waals surface area contributed by atoms with Gasteiger partial charge in [0, 0.05) is 24.7 Å². The number of nitrogens with zero attached hydrogens (tertiary/aromatic N) is 2. The molecule has 0 bridgehead atoms. The van der Waals surface area contributed by atoms with Crippen LogP contribution in [-0.4, -0.2) is 30.1 Å². The summed E-state index contributed by atoms with van der Waals surface area (Å²) in [6, 6.07) is 11.7. The molecule has 1 aromatic rings. The van der Waals surface area contributed by atoms with Crippen LogP contribution in [0.5, 0.6) is 0 Å². The van der Waals surface area contributed by atoms with E-state index in [1.165, 1.54) is 24.8 Å². The molecule has 1 aliphatic rings. The zero-order chi connectivity index (χ0) is 15.2. The first kappa shape index (κ1) is 16.0. The summed E-state index contributed by atoms with van der Waals surface area (Å²) in [5.74, 6) is 0. The van der Waals surface area contributed by atoms with Crippen LogP contribution in [0.2, 0.25) is 0 Å². The van der Waals surface area contributed by atoms with Gasteiger partial charge in [-0.2, -0.15) is 5.26 Å². The van der Waals surface area contributed by atoms with E-state index in [2.05, 4.69) is 49.2 Å². The lowest BCUT2D eigenvalue weighted by atomic mass is 10.00. The molecular weight excluding hydrogens is 258 g/mol. The maximum atomic E-state index is 8.91. The molecular formula is C18H27N3. The molecule has 1 aliphatic heterocycles. The minimum Gasteiger partial charge on any atom is -0.313 e. The van der Waals surface area contributed by atoms with Crippen molar-refractivity contribution in [3.05, 3.63) is 35.4 Å². The number of nitrogens with one attached hydrogen (secondary N) is 1. The Labute approximate surface area is 129 Å². The fourth-order valence-corrected chi connectivity index (χ4v) is 3.18. The Bertz CT molecular complexity index is 466. The van der Waals surface area contributed by atoms with E-state index >= 15 is 0 Å². The van der Waals surface area contributed by atoms with Gasteiger partial charge in [-0.25, -0.2) is 0 Å². The lowest BCUT2D eigenvalue weighted by molar-refractivity contribution is 0.138. The molecule has 1 N–H and O–H groups in total.